The Morgan fingerprint density at radius 3 is 2.83 bits per heavy atom. The minimum absolute atomic E-state index is 0.0945. The van der Waals surface area contributed by atoms with E-state index >= 15 is 0 Å². The molecule has 0 aromatic carbocycles. The SMILES string of the molecule is CCC1(C)CC(NCCC2CCCCO2)CCO1. The summed E-state index contributed by atoms with van der Waals surface area (Å²) in [6, 6.07) is 0.632. The van der Waals surface area contributed by atoms with Crippen LogP contribution < -0.4 is 5.32 Å². The molecule has 0 saturated carbocycles. The van der Waals surface area contributed by atoms with E-state index in [0.29, 0.717) is 12.1 Å². The molecule has 2 aliphatic rings. The predicted octanol–water partition coefficient (Wildman–Crippen LogP) is 2.88. The zero-order chi connectivity index (χ0) is 12.8. The van der Waals surface area contributed by atoms with Crippen molar-refractivity contribution in [3.63, 3.8) is 0 Å². The van der Waals surface area contributed by atoms with E-state index in [2.05, 4.69) is 19.2 Å². The number of rotatable bonds is 5. The van der Waals surface area contributed by atoms with Crippen LogP contribution in [0.1, 0.15) is 58.8 Å². The predicted molar refractivity (Wildman–Crippen MR) is 73.9 cm³/mol. The van der Waals surface area contributed by atoms with Crippen LogP contribution in [-0.2, 0) is 9.47 Å². The van der Waals surface area contributed by atoms with E-state index in [4.69, 9.17) is 9.47 Å². The maximum atomic E-state index is 5.88. The van der Waals surface area contributed by atoms with Gasteiger partial charge in [0.05, 0.1) is 11.7 Å². The van der Waals surface area contributed by atoms with Crippen LogP contribution in [0.25, 0.3) is 0 Å². The zero-order valence-electron chi connectivity index (χ0n) is 12.0. The van der Waals surface area contributed by atoms with E-state index in [0.717, 1.165) is 39.0 Å². The van der Waals surface area contributed by atoms with Gasteiger partial charge in [0.15, 0.2) is 0 Å². The van der Waals surface area contributed by atoms with Crippen LogP contribution >= 0.6 is 0 Å². The molecule has 2 fully saturated rings. The molecular formula is C15H29NO2. The summed E-state index contributed by atoms with van der Waals surface area (Å²) in [5, 5.41) is 3.70. The van der Waals surface area contributed by atoms with Gasteiger partial charge in [-0.15, -0.1) is 0 Å². The highest BCUT2D eigenvalue weighted by Crippen LogP contribution is 2.27. The van der Waals surface area contributed by atoms with Gasteiger partial charge in [-0.2, -0.15) is 0 Å². The van der Waals surface area contributed by atoms with E-state index in [-0.39, 0.29) is 5.60 Å². The molecule has 106 valence electrons. The second-order valence-corrected chi connectivity index (χ2v) is 6.07. The molecule has 1 N–H and O–H groups in total. The Balaban J connectivity index is 1.63. The van der Waals surface area contributed by atoms with Crippen molar-refractivity contribution in [2.75, 3.05) is 19.8 Å². The molecule has 0 aromatic rings. The van der Waals surface area contributed by atoms with Gasteiger partial charge in [0, 0.05) is 19.3 Å². The number of hydrogen-bond acceptors (Lipinski definition) is 3. The van der Waals surface area contributed by atoms with Gasteiger partial charge in [-0.1, -0.05) is 6.92 Å². The first-order valence-corrected chi connectivity index (χ1v) is 7.71. The summed E-state index contributed by atoms with van der Waals surface area (Å²) in [5.41, 5.74) is 0.0945. The summed E-state index contributed by atoms with van der Waals surface area (Å²) < 4.78 is 11.6. The minimum Gasteiger partial charge on any atom is -0.378 e. The lowest BCUT2D eigenvalue weighted by atomic mass is 9.90. The van der Waals surface area contributed by atoms with Gasteiger partial charge in [0.1, 0.15) is 0 Å². The van der Waals surface area contributed by atoms with Crippen LogP contribution in [-0.4, -0.2) is 37.5 Å². The molecule has 3 unspecified atom stereocenters. The highest BCUT2D eigenvalue weighted by Gasteiger charge is 2.31. The Bertz CT molecular complexity index is 241. The van der Waals surface area contributed by atoms with Crippen LogP contribution in [0.3, 0.4) is 0 Å². The zero-order valence-corrected chi connectivity index (χ0v) is 12.0. The molecule has 0 radical (unpaired) electrons. The maximum absolute atomic E-state index is 5.88. The lowest BCUT2D eigenvalue weighted by molar-refractivity contribution is -0.0783. The van der Waals surface area contributed by atoms with Gasteiger partial charge in [-0.25, -0.2) is 0 Å². The molecule has 3 atom stereocenters. The normalized spacial score (nSPS) is 37.7. The van der Waals surface area contributed by atoms with Crippen LogP contribution in [0.2, 0.25) is 0 Å². The third-order valence-electron chi connectivity index (χ3n) is 4.52. The first-order chi connectivity index (χ1) is 8.72. The van der Waals surface area contributed by atoms with Gasteiger partial charge >= 0.3 is 0 Å². The fraction of sp³-hybridized carbons (Fsp3) is 1.00. The summed E-state index contributed by atoms with van der Waals surface area (Å²) in [4.78, 5) is 0. The second-order valence-electron chi connectivity index (χ2n) is 6.07. The van der Waals surface area contributed by atoms with Crippen molar-refractivity contribution in [3.05, 3.63) is 0 Å². The van der Waals surface area contributed by atoms with Crippen LogP contribution in [0.15, 0.2) is 0 Å². The van der Waals surface area contributed by atoms with Crippen molar-refractivity contribution in [1.29, 1.82) is 0 Å². The lowest BCUT2D eigenvalue weighted by Gasteiger charge is -2.38. The van der Waals surface area contributed by atoms with Gasteiger partial charge in [-0.3, -0.25) is 0 Å². The standard InChI is InChI=1S/C15H29NO2/c1-3-15(2)12-13(8-11-18-15)16-9-7-14-6-4-5-10-17-14/h13-14,16H,3-12H2,1-2H3. The molecule has 3 nitrogen and oxygen atoms in total. The quantitative estimate of drug-likeness (QED) is 0.819. The summed E-state index contributed by atoms with van der Waals surface area (Å²) >= 11 is 0. The number of nitrogens with one attached hydrogen (secondary N) is 1. The Morgan fingerprint density at radius 1 is 1.22 bits per heavy atom. The average molecular weight is 255 g/mol. The van der Waals surface area contributed by atoms with Crippen molar-refractivity contribution < 1.29 is 9.47 Å². The molecule has 2 aliphatic heterocycles. The van der Waals surface area contributed by atoms with Crippen molar-refractivity contribution in [2.24, 2.45) is 0 Å². The van der Waals surface area contributed by atoms with Crippen LogP contribution in [0.4, 0.5) is 0 Å². The van der Waals surface area contributed by atoms with E-state index in [9.17, 15) is 0 Å². The Morgan fingerprint density at radius 2 is 2.11 bits per heavy atom. The van der Waals surface area contributed by atoms with Crippen molar-refractivity contribution >= 4 is 0 Å². The Labute approximate surface area is 112 Å². The van der Waals surface area contributed by atoms with E-state index < -0.39 is 0 Å². The smallest absolute Gasteiger partial charge is 0.0666 e. The molecule has 0 aromatic heterocycles. The molecule has 0 amide bonds. The number of hydrogen-bond donors (Lipinski definition) is 1. The average Bonchev–Trinajstić information content (AvgIpc) is 2.40. The molecule has 3 heteroatoms. The van der Waals surface area contributed by atoms with E-state index in [1.165, 1.54) is 25.7 Å². The van der Waals surface area contributed by atoms with Crippen molar-refractivity contribution in [3.8, 4) is 0 Å². The fourth-order valence-electron chi connectivity index (χ4n) is 3.03. The molecule has 2 rings (SSSR count). The molecule has 0 bridgehead atoms. The third kappa shape index (κ3) is 4.22. The van der Waals surface area contributed by atoms with Gasteiger partial charge in [0.2, 0.25) is 0 Å². The molecule has 0 spiro atoms. The monoisotopic (exact) mass is 255 g/mol. The molecule has 2 heterocycles. The maximum Gasteiger partial charge on any atom is 0.0666 e. The first kappa shape index (κ1) is 14.3. The van der Waals surface area contributed by atoms with Crippen molar-refractivity contribution in [1.82, 2.24) is 5.32 Å². The van der Waals surface area contributed by atoms with E-state index in [1.807, 2.05) is 0 Å². The molecule has 2 saturated heterocycles. The van der Waals surface area contributed by atoms with Gasteiger partial charge in [-0.05, 0) is 58.4 Å². The lowest BCUT2D eigenvalue weighted by Crippen LogP contribution is -2.45. The highest BCUT2D eigenvalue weighted by atomic mass is 16.5. The molecular weight excluding hydrogens is 226 g/mol. The van der Waals surface area contributed by atoms with Crippen LogP contribution in [0, 0.1) is 0 Å². The summed E-state index contributed by atoms with van der Waals surface area (Å²) in [7, 11) is 0. The van der Waals surface area contributed by atoms with Gasteiger partial charge in [0.25, 0.3) is 0 Å². The largest absolute Gasteiger partial charge is 0.378 e. The first-order valence-electron chi connectivity index (χ1n) is 7.71. The summed E-state index contributed by atoms with van der Waals surface area (Å²) in [5.74, 6) is 0. The van der Waals surface area contributed by atoms with Gasteiger partial charge < -0.3 is 14.8 Å². The fourth-order valence-corrected chi connectivity index (χ4v) is 3.03. The topological polar surface area (TPSA) is 30.5 Å². The minimum atomic E-state index is 0.0945. The van der Waals surface area contributed by atoms with Crippen molar-refractivity contribution in [2.45, 2.75) is 76.5 Å². The summed E-state index contributed by atoms with van der Waals surface area (Å²) in [6.45, 7) is 7.43. The third-order valence-corrected chi connectivity index (χ3v) is 4.52. The molecule has 18 heavy (non-hydrogen) atoms. The Kier molecular flexibility index (Phi) is 5.46. The van der Waals surface area contributed by atoms with E-state index in [1.54, 1.807) is 0 Å². The number of ether oxygens (including phenoxy) is 2. The highest BCUT2D eigenvalue weighted by molar-refractivity contribution is 4.85. The van der Waals surface area contributed by atoms with Crippen LogP contribution in [0.5, 0.6) is 0 Å². The second kappa shape index (κ2) is 6.88. The Hall–Kier alpha value is -0.120. The molecule has 0 aliphatic carbocycles. The summed E-state index contributed by atoms with van der Waals surface area (Å²) in [6.07, 6.45) is 8.92.